The maximum atomic E-state index is 7.22. The van der Waals surface area contributed by atoms with E-state index in [1.807, 2.05) is 20.8 Å². The summed E-state index contributed by atoms with van der Waals surface area (Å²) in [6.45, 7) is 8.07. The number of nitrogens with one attached hydrogen (secondary N) is 1. The summed E-state index contributed by atoms with van der Waals surface area (Å²) in [6.07, 6.45) is 2.55. The molecule has 1 N–H and O–H groups in total. The fourth-order valence-corrected chi connectivity index (χ4v) is 1.05. The Hall–Kier alpha value is -0.530. The highest BCUT2D eigenvalue weighted by molar-refractivity contribution is 5.76. The zero-order valence-electron chi connectivity index (χ0n) is 7.28. The first kappa shape index (κ1) is 9.47. The van der Waals surface area contributed by atoms with Gasteiger partial charge in [0.1, 0.15) is 0 Å². The summed E-state index contributed by atoms with van der Waals surface area (Å²) in [5.74, 6) is 0.725. The molecule has 0 amide bonds. The van der Waals surface area contributed by atoms with E-state index < -0.39 is 0 Å². The molecule has 0 radical (unpaired) electrons. The highest BCUT2D eigenvalue weighted by Gasteiger charge is 2.10. The highest BCUT2D eigenvalue weighted by atomic mass is 15.2. The molecule has 1 saturated heterocycles. The van der Waals surface area contributed by atoms with Crippen molar-refractivity contribution in [2.24, 2.45) is 0 Å². The molecule has 10 heavy (non-hydrogen) atoms. The highest BCUT2D eigenvalue weighted by Crippen LogP contribution is 2.06. The van der Waals surface area contributed by atoms with E-state index >= 15 is 0 Å². The van der Waals surface area contributed by atoms with Crippen LogP contribution in [-0.2, 0) is 0 Å². The smallest absolute Gasteiger partial charge is 0.0925 e. The minimum Gasteiger partial charge on any atom is -0.361 e. The zero-order valence-corrected chi connectivity index (χ0v) is 7.28. The Kier molecular flexibility index (Phi) is 4.99. The molecule has 1 aliphatic rings. The van der Waals surface area contributed by atoms with E-state index in [9.17, 15) is 0 Å². The second kappa shape index (κ2) is 5.27. The van der Waals surface area contributed by atoms with Crippen molar-refractivity contribution in [2.45, 2.75) is 33.6 Å². The molecule has 2 nitrogen and oxygen atoms in total. The van der Waals surface area contributed by atoms with E-state index in [-0.39, 0.29) is 0 Å². The van der Waals surface area contributed by atoms with Crippen molar-refractivity contribution in [3.05, 3.63) is 0 Å². The van der Waals surface area contributed by atoms with Gasteiger partial charge < -0.3 is 4.90 Å². The van der Waals surface area contributed by atoms with Crippen LogP contribution in [0.15, 0.2) is 0 Å². The lowest BCUT2D eigenvalue weighted by molar-refractivity contribution is 0.513. The lowest BCUT2D eigenvalue weighted by atomic mass is 10.4. The third-order valence-corrected chi connectivity index (χ3v) is 1.58. The summed E-state index contributed by atoms with van der Waals surface area (Å²) < 4.78 is 0. The van der Waals surface area contributed by atoms with E-state index in [1.165, 1.54) is 12.8 Å². The van der Waals surface area contributed by atoms with Gasteiger partial charge in [-0.25, -0.2) is 0 Å². The van der Waals surface area contributed by atoms with E-state index in [1.54, 1.807) is 0 Å². The van der Waals surface area contributed by atoms with Gasteiger partial charge in [0.05, 0.1) is 5.84 Å². The van der Waals surface area contributed by atoms with Crippen LogP contribution < -0.4 is 0 Å². The van der Waals surface area contributed by atoms with E-state index in [0.29, 0.717) is 0 Å². The third-order valence-electron chi connectivity index (χ3n) is 1.58. The molecule has 0 aromatic heterocycles. The molecule has 0 saturated carbocycles. The van der Waals surface area contributed by atoms with Gasteiger partial charge in [-0.15, -0.1) is 0 Å². The van der Waals surface area contributed by atoms with Crippen molar-refractivity contribution < 1.29 is 0 Å². The minimum atomic E-state index is 0.725. The molecule has 1 fully saturated rings. The number of likely N-dealkylation sites (tertiary alicyclic amines) is 1. The maximum Gasteiger partial charge on any atom is 0.0925 e. The first-order valence-corrected chi connectivity index (χ1v) is 4.11. The molecule has 1 heterocycles. The number of nitrogens with zero attached hydrogens (tertiary/aromatic N) is 1. The molecule has 1 aliphatic heterocycles. The monoisotopic (exact) mass is 142 g/mol. The predicted molar refractivity (Wildman–Crippen MR) is 45.6 cm³/mol. The van der Waals surface area contributed by atoms with Gasteiger partial charge in [-0.2, -0.15) is 0 Å². The zero-order chi connectivity index (χ0) is 7.98. The molecule has 2 heteroatoms. The topological polar surface area (TPSA) is 27.1 Å². The molecule has 60 valence electrons. The average molecular weight is 142 g/mol. The van der Waals surface area contributed by atoms with Crippen LogP contribution in [0.3, 0.4) is 0 Å². The summed E-state index contributed by atoms with van der Waals surface area (Å²) in [4.78, 5) is 2.11. The van der Waals surface area contributed by atoms with Gasteiger partial charge >= 0.3 is 0 Å². The standard InChI is InChI=1S/C6H12N2.C2H6/c1-6(7)8-4-2-3-5-8;1-2/h7H,2-5H2,1H3;1-2H3. The second-order valence-electron chi connectivity index (χ2n) is 2.28. The Bertz CT molecular complexity index is 93.4. The molecule has 0 unspecified atom stereocenters. The number of hydrogen-bond donors (Lipinski definition) is 1. The Morgan fingerprint density at radius 2 is 1.60 bits per heavy atom. The van der Waals surface area contributed by atoms with Crippen LogP contribution in [0.1, 0.15) is 33.6 Å². The molecular weight excluding hydrogens is 124 g/mol. The normalized spacial score (nSPS) is 16.1. The second-order valence-corrected chi connectivity index (χ2v) is 2.28. The average Bonchev–Trinajstić information content (AvgIpc) is 2.42. The Labute approximate surface area is 63.7 Å². The Balaban J connectivity index is 0.000000371. The summed E-state index contributed by atoms with van der Waals surface area (Å²) in [5.41, 5.74) is 0. The molecule has 0 aromatic rings. The summed E-state index contributed by atoms with van der Waals surface area (Å²) in [7, 11) is 0. The minimum absolute atomic E-state index is 0.725. The first-order valence-electron chi connectivity index (χ1n) is 4.11. The van der Waals surface area contributed by atoms with Crippen molar-refractivity contribution in [1.82, 2.24) is 4.90 Å². The van der Waals surface area contributed by atoms with Crippen molar-refractivity contribution in [3.8, 4) is 0 Å². The van der Waals surface area contributed by atoms with E-state index in [2.05, 4.69) is 4.90 Å². The summed E-state index contributed by atoms with van der Waals surface area (Å²) in [6, 6.07) is 0. The molecule has 1 rings (SSSR count). The summed E-state index contributed by atoms with van der Waals surface area (Å²) in [5, 5.41) is 7.22. The van der Waals surface area contributed by atoms with Crippen LogP contribution >= 0.6 is 0 Å². The first-order chi connectivity index (χ1) is 4.80. The Morgan fingerprint density at radius 3 is 1.80 bits per heavy atom. The van der Waals surface area contributed by atoms with Crippen LogP contribution in [0, 0.1) is 5.41 Å². The van der Waals surface area contributed by atoms with Crippen molar-refractivity contribution in [2.75, 3.05) is 13.1 Å². The quantitative estimate of drug-likeness (QED) is 0.407. The molecule has 0 bridgehead atoms. The van der Waals surface area contributed by atoms with Crippen LogP contribution in [0.5, 0.6) is 0 Å². The molecule has 0 aliphatic carbocycles. The molecular formula is C8H18N2. The van der Waals surface area contributed by atoms with Crippen LogP contribution in [0.25, 0.3) is 0 Å². The largest absolute Gasteiger partial charge is 0.361 e. The van der Waals surface area contributed by atoms with Crippen LogP contribution in [-0.4, -0.2) is 23.8 Å². The number of hydrogen-bond acceptors (Lipinski definition) is 1. The lowest BCUT2D eigenvalue weighted by Crippen LogP contribution is -2.23. The van der Waals surface area contributed by atoms with Crippen molar-refractivity contribution in [1.29, 1.82) is 5.41 Å². The molecule has 0 atom stereocenters. The van der Waals surface area contributed by atoms with Crippen molar-refractivity contribution >= 4 is 5.84 Å². The Morgan fingerprint density at radius 1 is 1.20 bits per heavy atom. The number of rotatable bonds is 0. The van der Waals surface area contributed by atoms with Gasteiger partial charge in [0, 0.05) is 13.1 Å². The van der Waals surface area contributed by atoms with Gasteiger partial charge in [0.2, 0.25) is 0 Å². The SMILES string of the molecule is CC.CC(=N)N1CCCC1. The van der Waals surface area contributed by atoms with Gasteiger partial charge in [-0.1, -0.05) is 13.8 Å². The number of amidine groups is 1. The maximum absolute atomic E-state index is 7.22. The van der Waals surface area contributed by atoms with E-state index in [0.717, 1.165) is 18.9 Å². The van der Waals surface area contributed by atoms with Crippen molar-refractivity contribution in [3.63, 3.8) is 0 Å². The summed E-state index contributed by atoms with van der Waals surface area (Å²) >= 11 is 0. The van der Waals surface area contributed by atoms with Crippen LogP contribution in [0.2, 0.25) is 0 Å². The lowest BCUT2D eigenvalue weighted by Gasteiger charge is -2.13. The fourth-order valence-electron chi connectivity index (χ4n) is 1.05. The third kappa shape index (κ3) is 2.85. The van der Waals surface area contributed by atoms with Crippen LogP contribution in [0.4, 0.5) is 0 Å². The van der Waals surface area contributed by atoms with Gasteiger partial charge in [0.25, 0.3) is 0 Å². The van der Waals surface area contributed by atoms with Gasteiger partial charge in [-0.05, 0) is 19.8 Å². The predicted octanol–water partition coefficient (Wildman–Crippen LogP) is 2.11. The van der Waals surface area contributed by atoms with E-state index in [4.69, 9.17) is 5.41 Å². The van der Waals surface area contributed by atoms with Gasteiger partial charge in [0.15, 0.2) is 0 Å². The molecule has 0 aromatic carbocycles. The fraction of sp³-hybridized carbons (Fsp3) is 0.875. The van der Waals surface area contributed by atoms with Gasteiger partial charge in [-0.3, -0.25) is 5.41 Å². The molecule has 0 spiro atoms.